The lowest BCUT2D eigenvalue weighted by molar-refractivity contribution is -0.122. The summed E-state index contributed by atoms with van der Waals surface area (Å²) in [5.74, 6) is 0.784. The van der Waals surface area contributed by atoms with E-state index in [0.717, 1.165) is 17.0 Å². The van der Waals surface area contributed by atoms with E-state index in [-0.39, 0.29) is 5.91 Å². The van der Waals surface area contributed by atoms with Gasteiger partial charge in [-0.25, -0.2) is 4.99 Å². The Labute approximate surface area is 152 Å². The first-order valence-electron chi connectivity index (χ1n) is 8.11. The lowest BCUT2D eigenvalue weighted by Crippen LogP contribution is -2.28. The lowest BCUT2D eigenvalue weighted by Gasteiger charge is -2.12. The maximum Gasteiger partial charge on any atom is 0.266 e. The number of rotatable bonds is 4. The number of carbonyl (C=O) groups excluding carboxylic acids is 1. The zero-order valence-corrected chi connectivity index (χ0v) is 15.3. The number of amidine groups is 1. The maximum absolute atomic E-state index is 12.6. The minimum atomic E-state index is 0.000312. The number of methoxy groups -OCH3 is 1. The smallest absolute Gasteiger partial charge is 0.266 e. The molecule has 4 nitrogen and oxygen atoms in total. The highest BCUT2D eigenvalue weighted by atomic mass is 32.2. The first-order valence-corrected chi connectivity index (χ1v) is 8.93. The van der Waals surface area contributed by atoms with E-state index in [1.54, 1.807) is 12.0 Å². The summed E-state index contributed by atoms with van der Waals surface area (Å²) in [6.07, 6.45) is 1.92. The van der Waals surface area contributed by atoms with Crippen LogP contribution in [0.25, 0.3) is 6.08 Å². The van der Waals surface area contributed by atoms with Crippen molar-refractivity contribution in [3.63, 3.8) is 0 Å². The summed E-state index contributed by atoms with van der Waals surface area (Å²) in [5.41, 5.74) is 3.01. The first kappa shape index (κ1) is 17.3. The van der Waals surface area contributed by atoms with Crippen molar-refractivity contribution >= 4 is 34.6 Å². The molecule has 0 unspecified atom stereocenters. The molecule has 25 heavy (non-hydrogen) atoms. The number of hydrogen-bond acceptors (Lipinski definition) is 4. The van der Waals surface area contributed by atoms with E-state index in [1.165, 1.54) is 17.3 Å². The number of likely N-dealkylation sites (N-methyl/N-ethyl adjacent to an activating group) is 1. The molecule has 0 saturated carbocycles. The zero-order valence-electron chi connectivity index (χ0n) is 14.5. The highest BCUT2D eigenvalue weighted by molar-refractivity contribution is 8.18. The van der Waals surface area contributed by atoms with Gasteiger partial charge < -0.3 is 4.74 Å². The van der Waals surface area contributed by atoms with Crippen LogP contribution in [0.5, 0.6) is 5.75 Å². The normalized spacial score (nSPS) is 17.6. The van der Waals surface area contributed by atoms with E-state index in [9.17, 15) is 4.79 Å². The van der Waals surface area contributed by atoms with Gasteiger partial charge in [0.1, 0.15) is 5.75 Å². The standard InChI is InChI=1S/C20H20N2O2S/c1-4-22-19(23)18(13-15-7-5-14(2)6-8-15)25-20(22)21-16-9-11-17(24-3)12-10-16/h5-13H,4H2,1-3H3/b18-13-,21-20?. The molecule has 0 aromatic heterocycles. The molecular weight excluding hydrogens is 332 g/mol. The van der Waals surface area contributed by atoms with Crippen molar-refractivity contribution in [2.75, 3.05) is 13.7 Å². The van der Waals surface area contributed by atoms with Gasteiger partial charge in [-0.2, -0.15) is 0 Å². The Kier molecular flexibility index (Phi) is 5.24. The monoisotopic (exact) mass is 352 g/mol. The van der Waals surface area contributed by atoms with E-state index in [1.807, 2.05) is 68.5 Å². The van der Waals surface area contributed by atoms with E-state index in [2.05, 4.69) is 4.99 Å². The van der Waals surface area contributed by atoms with Gasteiger partial charge in [0.2, 0.25) is 0 Å². The average Bonchev–Trinajstić information content (AvgIpc) is 2.92. The molecule has 1 heterocycles. The van der Waals surface area contributed by atoms with Crippen molar-refractivity contribution in [2.45, 2.75) is 13.8 Å². The van der Waals surface area contributed by atoms with Crippen LogP contribution in [0, 0.1) is 6.92 Å². The molecule has 0 atom stereocenters. The number of aryl methyl sites for hydroxylation is 1. The van der Waals surface area contributed by atoms with Crippen molar-refractivity contribution < 1.29 is 9.53 Å². The summed E-state index contributed by atoms with van der Waals surface area (Å²) in [4.78, 5) is 19.7. The van der Waals surface area contributed by atoms with Crippen LogP contribution in [0.2, 0.25) is 0 Å². The fourth-order valence-electron chi connectivity index (χ4n) is 2.45. The summed E-state index contributed by atoms with van der Waals surface area (Å²) in [7, 11) is 1.63. The number of thioether (sulfide) groups is 1. The van der Waals surface area contributed by atoms with Crippen LogP contribution >= 0.6 is 11.8 Å². The molecule has 5 heteroatoms. The number of aliphatic imine (C=N–C) groups is 1. The summed E-state index contributed by atoms with van der Waals surface area (Å²) in [5, 5.41) is 0.705. The van der Waals surface area contributed by atoms with E-state index in [4.69, 9.17) is 4.74 Å². The summed E-state index contributed by atoms with van der Waals surface area (Å²) in [6.45, 7) is 4.59. The SMILES string of the molecule is CCN1C(=O)/C(=C/c2ccc(C)cc2)SC1=Nc1ccc(OC)cc1. The molecule has 1 saturated heterocycles. The number of hydrogen-bond donors (Lipinski definition) is 0. The molecule has 3 rings (SSSR count). The Morgan fingerprint density at radius 2 is 1.80 bits per heavy atom. The van der Waals surface area contributed by atoms with E-state index < -0.39 is 0 Å². The van der Waals surface area contributed by atoms with Gasteiger partial charge >= 0.3 is 0 Å². The highest BCUT2D eigenvalue weighted by Crippen LogP contribution is 2.34. The molecule has 1 aliphatic rings. The molecule has 2 aromatic rings. The van der Waals surface area contributed by atoms with Crippen LogP contribution in [0.4, 0.5) is 5.69 Å². The molecule has 1 amide bonds. The Balaban J connectivity index is 1.88. The van der Waals surface area contributed by atoms with E-state index in [0.29, 0.717) is 16.6 Å². The van der Waals surface area contributed by atoms with E-state index >= 15 is 0 Å². The Bertz CT molecular complexity index is 824. The molecule has 0 bridgehead atoms. The van der Waals surface area contributed by atoms with Crippen LogP contribution in [0.3, 0.4) is 0 Å². The molecule has 0 spiro atoms. The second kappa shape index (κ2) is 7.57. The third kappa shape index (κ3) is 3.94. The van der Waals surface area contributed by atoms with Crippen LogP contribution in [-0.2, 0) is 4.79 Å². The number of ether oxygens (including phenoxy) is 1. The fraction of sp³-hybridized carbons (Fsp3) is 0.200. The van der Waals surface area contributed by atoms with Crippen molar-refractivity contribution in [1.82, 2.24) is 4.90 Å². The highest BCUT2D eigenvalue weighted by Gasteiger charge is 2.32. The molecule has 0 N–H and O–H groups in total. The van der Waals surface area contributed by atoms with Crippen molar-refractivity contribution in [1.29, 1.82) is 0 Å². The minimum absolute atomic E-state index is 0.000312. The van der Waals surface area contributed by atoms with Gasteiger partial charge in [0.15, 0.2) is 5.17 Å². The van der Waals surface area contributed by atoms with Gasteiger partial charge in [0, 0.05) is 6.54 Å². The predicted molar refractivity (Wildman–Crippen MR) is 104 cm³/mol. The molecule has 2 aromatic carbocycles. The van der Waals surface area contributed by atoms with Gasteiger partial charge in [-0.1, -0.05) is 29.8 Å². The molecule has 128 valence electrons. The second-order valence-corrected chi connectivity index (χ2v) is 6.67. The zero-order chi connectivity index (χ0) is 17.8. The summed E-state index contributed by atoms with van der Waals surface area (Å²) >= 11 is 1.41. The minimum Gasteiger partial charge on any atom is -0.497 e. The number of carbonyl (C=O) groups is 1. The van der Waals surface area contributed by atoms with Gasteiger partial charge in [0.25, 0.3) is 5.91 Å². The summed E-state index contributed by atoms with van der Waals surface area (Å²) in [6, 6.07) is 15.6. The second-order valence-electron chi connectivity index (χ2n) is 5.66. The fourth-order valence-corrected chi connectivity index (χ4v) is 3.51. The van der Waals surface area contributed by atoms with Gasteiger partial charge in [-0.3, -0.25) is 9.69 Å². The largest absolute Gasteiger partial charge is 0.497 e. The number of amides is 1. The van der Waals surface area contributed by atoms with Crippen LogP contribution in [-0.4, -0.2) is 29.6 Å². The number of benzene rings is 2. The average molecular weight is 352 g/mol. The van der Waals surface area contributed by atoms with Crippen molar-refractivity contribution in [3.05, 3.63) is 64.6 Å². The third-order valence-electron chi connectivity index (χ3n) is 3.88. The summed E-state index contributed by atoms with van der Waals surface area (Å²) < 4.78 is 5.16. The molecule has 0 aliphatic carbocycles. The lowest BCUT2D eigenvalue weighted by atomic mass is 10.1. The molecular formula is C20H20N2O2S. The Morgan fingerprint density at radius 1 is 1.12 bits per heavy atom. The third-order valence-corrected chi connectivity index (χ3v) is 4.88. The maximum atomic E-state index is 12.6. The predicted octanol–water partition coefficient (Wildman–Crippen LogP) is 4.63. The van der Waals surface area contributed by atoms with Crippen molar-refractivity contribution in [2.24, 2.45) is 4.99 Å². The molecule has 1 aliphatic heterocycles. The van der Waals surface area contributed by atoms with Crippen LogP contribution < -0.4 is 4.74 Å². The molecule has 0 radical (unpaired) electrons. The van der Waals surface area contributed by atoms with Crippen molar-refractivity contribution in [3.8, 4) is 5.75 Å². The molecule has 1 fully saturated rings. The van der Waals surface area contributed by atoms with Crippen LogP contribution in [0.15, 0.2) is 58.4 Å². The van der Waals surface area contributed by atoms with Gasteiger partial charge in [0.05, 0.1) is 17.7 Å². The topological polar surface area (TPSA) is 41.9 Å². The Morgan fingerprint density at radius 3 is 2.40 bits per heavy atom. The van der Waals surface area contributed by atoms with Gasteiger partial charge in [-0.15, -0.1) is 0 Å². The van der Waals surface area contributed by atoms with Gasteiger partial charge in [-0.05, 0) is 61.5 Å². The van der Waals surface area contributed by atoms with Crippen LogP contribution in [0.1, 0.15) is 18.1 Å². The number of nitrogens with zero attached hydrogens (tertiary/aromatic N) is 2. The quantitative estimate of drug-likeness (QED) is 0.754. The Hall–Kier alpha value is -2.53. The first-order chi connectivity index (χ1) is 12.1.